The number of ether oxygens (including phenoxy) is 1. The zero-order valence-corrected chi connectivity index (χ0v) is 15.0. The van der Waals surface area contributed by atoms with Crippen LogP contribution >= 0.6 is 11.6 Å². The van der Waals surface area contributed by atoms with E-state index in [9.17, 15) is 10.1 Å². The molecule has 1 aliphatic carbocycles. The number of hydrogen-bond acceptors (Lipinski definition) is 8. The van der Waals surface area contributed by atoms with E-state index in [1.54, 1.807) is 7.11 Å². The first-order valence-corrected chi connectivity index (χ1v) is 8.84. The van der Waals surface area contributed by atoms with Crippen LogP contribution in [0.1, 0.15) is 43.3 Å². The second kappa shape index (κ2) is 6.48. The highest BCUT2D eigenvalue weighted by atomic mass is 35.5. The summed E-state index contributed by atoms with van der Waals surface area (Å²) in [7, 11) is 1.65. The third-order valence-corrected chi connectivity index (χ3v) is 5.33. The molecule has 1 saturated carbocycles. The van der Waals surface area contributed by atoms with Gasteiger partial charge in [-0.3, -0.25) is 10.1 Å². The van der Waals surface area contributed by atoms with Crippen molar-refractivity contribution in [3.8, 4) is 0 Å². The van der Waals surface area contributed by atoms with Crippen LogP contribution in [0.3, 0.4) is 0 Å². The molecule has 0 amide bonds. The number of nitrogens with zero attached hydrogens (tertiary/aromatic N) is 5. The van der Waals surface area contributed by atoms with Gasteiger partial charge in [-0.25, -0.2) is 4.98 Å². The molecular weight excluding hydrogens is 362 g/mol. The third-order valence-electron chi connectivity index (χ3n) is 5.05. The first-order chi connectivity index (χ1) is 12.5. The lowest BCUT2D eigenvalue weighted by Gasteiger charge is -2.38. The molecule has 1 aliphatic heterocycles. The molecule has 0 aromatic carbocycles. The fourth-order valence-corrected chi connectivity index (χ4v) is 3.55. The Morgan fingerprint density at radius 2 is 2.15 bits per heavy atom. The molecule has 0 unspecified atom stereocenters. The van der Waals surface area contributed by atoms with Gasteiger partial charge in [0.05, 0.1) is 9.95 Å². The number of rotatable bonds is 5. The zero-order valence-electron chi connectivity index (χ0n) is 14.2. The largest absolute Gasteiger partial charge is 0.368 e. The summed E-state index contributed by atoms with van der Waals surface area (Å²) in [5.74, 6) is 2.24. The fraction of sp³-hybridized carbons (Fsp3) is 0.562. The Kier molecular flexibility index (Phi) is 4.28. The zero-order chi connectivity index (χ0) is 18.3. The monoisotopic (exact) mass is 379 g/mol. The summed E-state index contributed by atoms with van der Waals surface area (Å²) >= 11 is 6.19. The van der Waals surface area contributed by atoms with E-state index >= 15 is 0 Å². The molecule has 2 fully saturated rings. The minimum absolute atomic E-state index is 0.125. The summed E-state index contributed by atoms with van der Waals surface area (Å²) in [6, 6.07) is 1.32. The molecule has 1 saturated heterocycles. The van der Waals surface area contributed by atoms with Crippen molar-refractivity contribution in [2.45, 2.75) is 37.2 Å². The van der Waals surface area contributed by atoms with Crippen LogP contribution < -0.4 is 4.90 Å². The van der Waals surface area contributed by atoms with E-state index < -0.39 is 10.5 Å². The molecule has 0 N–H and O–H groups in total. The number of nitro groups is 1. The van der Waals surface area contributed by atoms with Crippen LogP contribution in [0, 0.1) is 10.1 Å². The van der Waals surface area contributed by atoms with E-state index in [4.69, 9.17) is 20.9 Å². The van der Waals surface area contributed by atoms with Gasteiger partial charge in [-0.15, -0.1) is 0 Å². The molecule has 0 spiro atoms. The summed E-state index contributed by atoms with van der Waals surface area (Å²) in [5.41, 5.74) is -0.746. The predicted molar refractivity (Wildman–Crippen MR) is 92.3 cm³/mol. The molecule has 3 heterocycles. The summed E-state index contributed by atoms with van der Waals surface area (Å²) in [6.45, 7) is 1.22. The van der Waals surface area contributed by atoms with Gasteiger partial charge in [0.1, 0.15) is 17.6 Å². The first-order valence-electron chi connectivity index (χ1n) is 8.46. The number of hydrogen-bond donors (Lipinski definition) is 0. The second-order valence-corrected chi connectivity index (χ2v) is 7.08. The number of piperidine rings is 1. The predicted octanol–water partition coefficient (Wildman–Crippen LogP) is 3.05. The smallest absolute Gasteiger partial charge is 0.289 e. The van der Waals surface area contributed by atoms with Crippen LogP contribution in [-0.2, 0) is 10.3 Å². The standard InChI is InChI=1S/C16H18ClN5O4/c1-25-16(15-19-13(20-26-15)10-2-3-10)4-6-21(7-5-16)14-12(17)8-11(9-18-14)22(23)24/h8-10H,2-7H2,1H3. The molecule has 138 valence electrons. The Labute approximate surface area is 154 Å². The molecular formula is C16H18ClN5O4. The highest BCUT2D eigenvalue weighted by molar-refractivity contribution is 6.33. The van der Waals surface area contributed by atoms with Gasteiger partial charge in [-0.2, -0.15) is 4.98 Å². The lowest BCUT2D eigenvalue weighted by Crippen LogP contribution is -2.44. The second-order valence-electron chi connectivity index (χ2n) is 6.67. The minimum atomic E-state index is -0.621. The van der Waals surface area contributed by atoms with Crippen molar-refractivity contribution in [2.75, 3.05) is 25.1 Å². The molecule has 0 bridgehead atoms. The van der Waals surface area contributed by atoms with Crippen LogP contribution in [0.15, 0.2) is 16.8 Å². The lowest BCUT2D eigenvalue weighted by molar-refractivity contribution is -0.385. The fourth-order valence-electron chi connectivity index (χ4n) is 3.27. The van der Waals surface area contributed by atoms with Gasteiger partial charge in [0.15, 0.2) is 5.82 Å². The highest BCUT2D eigenvalue weighted by Gasteiger charge is 2.43. The summed E-state index contributed by atoms with van der Waals surface area (Å²) in [6.07, 6.45) is 4.70. The topological polar surface area (TPSA) is 107 Å². The first kappa shape index (κ1) is 17.2. The van der Waals surface area contributed by atoms with Gasteiger partial charge < -0.3 is 14.2 Å². The van der Waals surface area contributed by atoms with Gasteiger partial charge in [0.2, 0.25) is 0 Å². The van der Waals surface area contributed by atoms with Crippen molar-refractivity contribution < 1.29 is 14.2 Å². The summed E-state index contributed by atoms with van der Waals surface area (Å²) < 4.78 is 11.3. The van der Waals surface area contributed by atoms with E-state index in [-0.39, 0.29) is 10.7 Å². The van der Waals surface area contributed by atoms with Crippen molar-refractivity contribution in [3.05, 3.63) is 39.1 Å². The lowest BCUT2D eigenvalue weighted by atomic mass is 9.91. The average molecular weight is 380 g/mol. The van der Waals surface area contributed by atoms with E-state index in [0.717, 1.165) is 18.7 Å². The molecule has 0 atom stereocenters. The molecule has 26 heavy (non-hydrogen) atoms. The van der Waals surface area contributed by atoms with Crippen LogP contribution in [0.25, 0.3) is 0 Å². The van der Waals surface area contributed by atoms with Crippen molar-refractivity contribution in [1.29, 1.82) is 0 Å². The summed E-state index contributed by atoms with van der Waals surface area (Å²) in [4.78, 5) is 21.0. The third kappa shape index (κ3) is 3.01. The summed E-state index contributed by atoms with van der Waals surface area (Å²) in [5, 5.41) is 15.2. The Morgan fingerprint density at radius 3 is 2.73 bits per heavy atom. The van der Waals surface area contributed by atoms with Gasteiger partial charge >= 0.3 is 0 Å². The van der Waals surface area contributed by atoms with E-state index in [0.29, 0.717) is 43.6 Å². The number of aromatic nitrogens is 3. The Bertz CT molecular complexity index is 830. The molecule has 2 aliphatic rings. The van der Waals surface area contributed by atoms with E-state index in [2.05, 4.69) is 15.1 Å². The Balaban J connectivity index is 1.50. The Morgan fingerprint density at radius 1 is 1.42 bits per heavy atom. The Hall–Kier alpha value is -2.26. The maximum atomic E-state index is 10.8. The van der Waals surface area contributed by atoms with E-state index in [1.165, 1.54) is 12.3 Å². The molecule has 9 nitrogen and oxygen atoms in total. The number of pyridine rings is 1. The SMILES string of the molecule is COC1(c2nc(C3CC3)no2)CCN(c2ncc([N+](=O)[O-])cc2Cl)CC1. The van der Waals surface area contributed by atoms with E-state index in [1.807, 2.05) is 4.90 Å². The van der Waals surface area contributed by atoms with Crippen molar-refractivity contribution in [2.24, 2.45) is 0 Å². The molecule has 2 aromatic heterocycles. The van der Waals surface area contributed by atoms with Crippen LogP contribution in [0.5, 0.6) is 0 Å². The minimum Gasteiger partial charge on any atom is -0.368 e. The van der Waals surface area contributed by atoms with Crippen LogP contribution in [-0.4, -0.2) is 40.2 Å². The van der Waals surface area contributed by atoms with Crippen LogP contribution in [0.2, 0.25) is 5.02 Å². The molecule has 4 rings (SSSR count). The van der Waals surface area contributed by atoms with Gasteiger partial charge in [0, 0.05) is 45.0 Å². The highest BCUT2D eigenvalue weighted by Crippen LogP contribution is 2.42. The maximum Gasteiger partial charge on any atom is 0.289 e. The number of halogens is 1. The quantitative estimate of drug-likeness (QED) is 0.576. The normalized spacial score (nSPS) is 19.5. The van der Waals surface area contributed by atoms with Crippen LogP contribution in [0.4, 0.5) is 11.5 Å². The maximum absolute atomic E-state index is 10.8. The van der Waals surface area contributed by atoms with Crippen molar-refractivity contribution >= 4 is 23.1 Å². The van der Waals surface area contributed by atoms with Gasteiger partial charge in [-0.05, 0) is 12.8 Å². The number of anilines is 1. The van der Waals surface area contributed by atoms with Gasteiger partial charge in [-0.1, -0.05) is 16.8 Å². The van der Waals surface area contributed by atoms with Crippen molar-refractivity contribution in [1.82, 2.24) is 15.1 Å². The number of methoxy groups -OCH3 is 1. The molecule has 10 heteroatoms. The van der Waals surface area contributed by atoms with Crippen molar-refractivity contribution in [3.63, 3.8) is 0 Å². The average Bonchev–Trinajstić information content (AvgIpc) is 3.38. The van der Waals surface area contributed by atoms with Gasteiger partial charge in [0.25, 0.3) is 11.6 Å². The molecule has 0 radical (unpaired) electrons. The molecule has 2 aromatic rings.